The normalized spacial score (nSPS) is 12.7. The first kappa shape index (κ1) is 39.8. The van der Waals surface area contributed by atoms with Gasteiger partial charge >= 0.3 is 0 Å². The van der Waals surface area contributed by atoms with E-state index in [0.29, 0.717) is 17.8 Å². The van der Waals surface area contributed by atoms with E-state index in [0.717, 1.165) is 38.7 Å². The monoisotopic (exact) mass is 862 g/mol. The Morgan fingerprint density at radius 1 is 0.403 bits per heavy atom. The van der Waals surface area contributed by atoms with E-state index in [9.17, 15) is 0 Å². The zero-order valence-corrected chi connectivity index (χ0v) is 38.9. The molecule has 4 heterocycles. The van der Waals surface area contributed by atoms with Crippen molar-refractivity contribution < 1.29 is 4.42 Å². The van der Waals surface area contributed by atoms with Gasteiger partial charge < -0.3 is 13.6 Å². The van der Waals surface area contributed by atoms with Gasteiger partial charge in [0.1, 0.15) is 5.58 Å². The van der Waals surface area contributed by atoms with Gasteiger partial charge in [0, 0.05) is 43.7 Å². The van der Waals surface area contributed by atoms with Gasteiger partial charge in [-0.05, 0) is 123 Å². The van der Waals surface area contributed by atoms with Gasteiger partial charge in [-0.2, -0.15) is 0 Å². The van der Waals surface area contributed by atoms with Crippen LogP contribution >= 0.6 is 0 Å². The third kappa shape index (κ3) is 5.91. The average molecular weight is 863 g/mol. The lowest BCUT2D eigenvalue weighted by atomic mass is 9.36. The highest BCUT2D eigenvalue weighted by atomic mass is 16.3. The van der Waals surface area contributed by atoms with Crippen LogP contribution < -0.4 is 16.4 Å². The second-order valence-electron chi connectivity index (χ2n) is 19.8. The first-order valence-electron chi connectivity index (χ1n) is 24.1. The van der Waals surface area contributed by atoms with Crippen molar-refractivity contribution in [3.8, 4) is 33.6 Å². The van der Waals surface area contributed by atoms with Crippen molar-refractivity contribution in [1.29, 1.82) is 0 Å². The number of para-hydroxylation sites is 4. The quantitative estimate of drug-likeness (QED) is 0.146. The van der Waals surface area contributed by atoms with Gasteiger partial charge in [-0.1, -0.05) is 173 Å². The summed E-state index contributed by atoms with van der Waals surface area (Å²) in [6.07, 6.45) is 0. The van der Waals surface area contributed by atoms with Crippen LogP contribution in [0.4, 0.5) is 0 Å². The third-order valence-electron chi connectivity index (χ3n) is 14.9. The van der Waals surface area contributed by atoms with Crippen LogP contribution in [0, 0.1) is 0 Å². The molecule has 0 spiro atoms. The second kappa shape index (κ2) is 15.0. The van der Waals surface area contributed by atoms with Crippen molar-refractivity contribution in [2.45, 2.75) is 59.3 Å². The molecule has 67 heavy (non-hydrogen) atoms. The van der Waals surface area contributed by atoms with E-state index in [4.69, 9.17) is 4.42 Å². The largest absolute Gasteiger partial charge is 0.454 e. The lowest BCUT2D eigenvalue weighted by molar-refractivity contribution is 0.671. The van der Waals surface area contributed by atoms with Crippen LogP contribution in [0.5, 0.6) is 0 Å². The Bertz CT molecular complexity index is 3940. The molecule has 0 unspecified atom stereocenters. The summed E-state index contributed by atoms with van der Waals surface area (Å²) in [5, 5.41) is 7.24. The molecule has 3 nitrogen and oxygen atoms in total. The molecule has 0 N–H and O–H groups in total. The number of nitrogens with zero attached hydrogens (tertiary/aromatic N) is 2. The molecular formula is C63H51BN2O. The molecule has 0 fully saturated rings. The molecule has 0 saturated heterocycles. The van der Waals surface area contributed by atoms with Gasteiger partial charge in [0.25, 0.3) is 0 Å². The molecule has 0 amide bonds. The highest BCUT2D eigenvalue weighted by Gasteiger charge is 2.38. The lowest BCUT2D eigenvalue weighted by Gasteiger charge is -2.26. The number of furan rings is 1. The van der Waals surface area contributed by atoms with Crippen LogP contribution in [-0.4, -0.2) is 15.8 Å². The van der Waals surface area contributed by atoms with Gasteiger partial charge in [0.05, 0.1) is 22.1 Å². The zero-order chi connectivity index (χ0) is 45.2. The fraction of sp³-hybridized carbons (Fsp3) is 0.143. The summed E-state index contributed by atoms with van der Waals surface area (Å²) < 4.78 is 11.6. The van der Waals surface area contributed by atoms with Gasteiger partial charge in [0.15, 0.2) is 5.58 Å². The number of hydrogen-bond donors (Lipinski definition) is 0. The Hall–Kier alpha value is -7.56. The molecule has 322 valence electrons. The highest BCUT2D eigenvalue weighted by molar-refractivity contribution is 6.99. The smallest absolute Gasteiger partial charge is 0.243 e. The molecule has 3 aromatic heterocycles. The Morgan fingerprint density at radius 3 is 1.75 bits per heavy atom. The van der Waals surface area contributed by atoms with E-state index >= 15 is 0 Å². The summed E-state index contributed by atoms with van der Waals surface area (Å²) in [7, 11) is 0. The van der Waals surface area contributed by atoms with Crippen molar-refractivity contribution in [2.75, 3.05) is 0 Å². The first-order chi connectivity index (χ1) is 32.7. The zero-order valence-electron chi connectivity index (χ0n) is 38.9. The molecule has 0 radical (unpaired) electrons. The summed E-state index contributed by atoms with van der Waals surface area (Å²) in [6.45, 7) is 14.3. The van der Waals surface area contributed by atoms with Gasteiger partial charge in [0.2, 0.25) is 6.71 Å². The molecule has 0 bridgehead atoms. The summed E-state index contributed by atoms with van der Waals surface area (Å²) in [5.74, 6) is 1.17. The summed E-state index contributed by atoms with van der Waals surface area (Å²) in [6, 6.07) is 68.0. The van der Waals surface area contributed by atoms with E-state index in [1.165, 1.54) is 93.6 Å². The minimum absolute atomic E-state index is 0.0804. The number of hydrogen-bond acceptors (Lipinski definition) is 1. The molecule has 1 aliphatic heterocycles. The molecule has 13 rings (SSSR count). The molecule has 4 heteroatoms. The van der Waals surface area contributed by atoms with E-state index in [1.54, 1.807) is 0 Å². The molecule has 0 saturated carbocycles. The van der Waals surface area contributed by atoms with Crippen LogP contribution in [0.25, 0.3) is 99.2 Å². The maximum atomic E-state index is 6.73. The number of fused-ring (bicyclic) bond motifs is 13. The van der Waals surface area contributed by atoms with E-state index in [-0.39, 0.29) is 6.71 Å². The van der Waals surface area contributed by atoms with Crippen LogP contribution in [0.15, 0.2) is 186 Å². The van der Waals surface area contributed by atoms with Gasteiger partial charge in [-0.3, -0.25) is 0 Å². The van der Waals surface area contributed by atoms with Crippen molar-refractivity contribution in [2.24, 2.45) is 0 Å². The Labute approximate surface area is 392 Å². The third-order valence-corrected chi connectivity index (χ3v) is 14.9. The average Bonchev–Trinajstić information content (AvgIpc) is 4.09. The lowest BCUT2D eigenvalue weighted by Crippen LogP contribution is -2.52. The second-order valence-corrected chi connectivity index (χ2v) is 19.8. The van der Waals surface area contributed by atoms with E-state index in [1.807, 2.05) is 0 Å². The summed E-state index contributed by atoms with van der Waals surface area (Å²) in [5.41, 5.74) is 22.5. The Balaban J connectivity index is 1.06. The molecule has 9 aromatic carbocycles. The minimum Gasteiger partial charge on any atom is -0.454 e. The van der Waals surface area contributed by atoms with Crippen LogP contribution in [0.3, 0.4) is 0 Å². The number of benzene rings is 9. The van der Waals surface area contributed by atoms with E-state index in [2.05, 4.69) is 233 Å². The van der Waals surface area contributed by atoms with Gasteiger partial charge in [-0.15, -0.1) is 0 Å². The Morgan fingerprint density at radius 2 is 1.01 bits per heavy atom. The molecule has 12 aromatic rings. The first-order valence-corrected chi connectivity index (χ1v) is 24.1. The predicted molar refractivity (Wildman–Crippen MR) is 287 cm³/mol. The number of rotatable bonds is 7. The van der Waals surface area contributed by atoms with Crippen molar-refractivity contribution in [1.82, 2.24) is 9.13 Å². The summed E-state index contributed by atoms with van der Waals surface area (Å²) >= 11 is 0. The fourth-order valence-electron chi connectivity index (χ4n) is 11.7. The van der Waals surface area contributed by atoms with Crippen LogP contribution in [-0.2, 0) is 0 Å². The van der Waals surface area contributed by atoms with Gasteiger partial charge in [-0.25, -0.2) is 0 Å². The molecule has 0 aliphatic carbocycles. The van der Waals surface area contributed by atoms with Crippen LogP contribution in [0.2, 0.25) is 0 Å². The number of aromatic nitrogens is 2. The highest BCUT2D eigenvalue weighted by Crippen LogP contribution is 2.42. The Kier molecular flexibility index (Phi) is 8.90. The minimum atomic E-state index is 0.0804. The maximum Gasteiger partial charge on any atom is 0.243 e. The SMILES string of the molecule is CC(C)c1cc(C(C)C)c(B2c3ccc(-c4cccc(-n5c6ccccc6c6ccc7c8ccccc8oc7c65)c4)cc3-c3cc4c5ccccc5n(-c5ccccc5)c4cc32)c(C(C)C)c1. The van der Waals surface area contributed by atoms with Crippen molar-refractivity contribution in [3.63, 3.8) is 0 Å². The molecular weight excluding hydrogens is 812 g/mol. The fourth-order valence-corrected chi connectivity index (χ4v) is 11.7. The molecule has 1 aliphatic rings. The topological polar surface area (TPSA) is 23.0 Å². The standard InChI is InChI=1S/C63H51BN2O/c1-37(2)42-33-50(38(3)4)61(51(34-42)39(5)6)64-55-30-27-41(32-52(55)53-35-54-46-22-11-13-24-57(46)65(59(54)36-56(53)64)43-18-8-7-9-19-43)40-17-16-20-44(31-40)66-58-25-14-10-21-45(58)48-28-29-49-47-23-12-15-26-60(47)67-63(49)62(48)66/h7-39H,1-6H3. The molecule has 0 atom stereocenters. The van der Waals surface area contributed by atoms with Crippen molar-refractivity contribution >= 4 is 88.7 Å². The maximum absolute atomic E-state index is 6.73. The predicted octanol–water partition coefficient (Wildman–Crippen LogP) is 15.3. The van der Waals surface area contributed by atoms with Crippen molar-refractivity contribution in [3.05, 3.63) is 199 Å². The van der Waals surface area contributed by atoms with Crippen LogP contribution in [0.1, 0.15) is 76.0 Å². The summed E-state index contributed by atoms with van der Waals surface area (Å²) in [4.78, 5) is 0. The van der Waals surface area contributed by atoms with E-state index < -0.39 is 0 Å².